The fraction of sp³-hybridized carbons (Fsp3) is 0.286. The van der Waals surface area contributed by atoms with Gasteiger partial charge in [-0.3, -0.25) is 4.72 Å². The number of nitrogens with one attached hydrogen (secondary N) is 1. The van der Waals surface area contributed by atoms with Crippen molar-refractivity contribution in [2.75, 3.05) is 0 Å². The molecule has 3 rings (SSSR count). The van der Waals surface area contributed by atoms with Gasteiger partial charge in [0, 0.05) is 11.3 Å². The van der Waals surface area contributed by atoms with Crippen molar-refractivity contribution >= 4 is 17.5 Å². The van der Waals surface area contributed by atoms with Gasteiger partial charge in [0.25, 0.3) is 0 Å². The first kappa shape index (κ1) is 16.8. The molecule has 0 bridgehead atoms. The minimum absolute atomic E-state index is 0.443. The van der Waals surface area contributed by atoms with Crippen molar-refractivity contribution in [2.45, 2.75) is 38.0 Å². The zero-order valence-electron chi connectivity index (χ0n) is 14.1. The molecule has 24 heavy (non-hydrogen) atoms. The fourth-order valence-electron chi connectivity index (χ4n) is 2.96. The van der Waals surface area contributed by atoms with Gasteiger partial charge in [0.1, 0.15) is 0 Å². The van der Waals surface area contributed by atoms with Crippen LogP contribution in [0.3, 0.4) is 0 Å². The number of benzene rings is 2. The lowest BCUT2D eigenvalue weighted by atomic mass is 9.98. The summed E-state index contributed by atoms with van der Waals surface area (Å²) >= 11 is 1.81. The van der Waals surface area contributed by atoms with E-state index < -0.39 is 0 Å². The number of hydrogen-bond acceptors (Lipinski definition) is 3. The van der Waals surface area contributed by atoms with E-state index in [2.05, 4.69) is 55.0 Å². The maximum absolute atomic E-state index is 8.90. The lowest BCUT2D eigenvalue weighted by Gasteiger charge is -2.18. The summed E-state index contributed by atoms with van der Waals surface area (Å²) in [5.74, 6) is 0. The van der Waals surface area contributed by atoms with Gasteiger partial charge in [-0.05, 0) is 47.2 Å². The summed E-state index contributed by atoms with van der Waals surface area (Å²) in [5.41, 5.74) is 5.73. The zero-order chi connectivity index (χ0) is 16.9. The lowest BCUT2D eigenvalue weighted by molar-refractivity contribution is 0.742. The minimum Gasteiger partial charge on any atom is -0.256 e. The first-order chi connectivity index (χ1) is 11.7. The van der Waals surface area contributed by atoms with E-state index in [0.29, 0.717) is 16.9 Å². The second-order valence-electron chi connectivity index (χ2n) is 6.34. The molecule has 1 aliphatic rings. The Balaban J connectivity index is 1.75. The summed E-state index contributed by atoms with van der Waals surface area (Å²) < 4.78 is 3.61. The van der Waals surface area contributed by atoms with Crippen molar-refractivity contribution in [3.8, 4) is 17.2 Å². The highest BCUT2D eigenvalue weighted by atomic mass is 32.2. The molecule has 1 aliphatic carbocycles. The van der Waals surface area contributed by atoms with E-state index in [9.17, 15) is 0 Å². The van der Waals surface area contributed by atoms with Crippen molar-refractivity contribution in [1.29, 1.82) is 5.26 Å². The Morgan fingerprint density at radius 2 is 1.58 bits per heavy atom. The summed E-state index contributed by atoms with van der Waals surface area (Å²) in [6, 6.07) is 19.1. The molecule has 0 aliphatic heterocycles. The normalized spacial score (nSPS) is 16.9. The largest absolute Gasteiger partial charge is 0.256 e. The second kappa shape index (κ2) is 7.70. The molecule has 0 fully saturated rings. The molecule has 0 amide bonds. The summed E-state index contributed by atoms with van der Waals surface area (Å²) in [5, 5.41) is 9.48. The Bertz CT molecular complexity index is 752. The molecule has 1 unspecified atom stereocenters. The molecule has 122 valence electrons. The van der Waals surface area contributed by atoms with Crippen LogP contribution in [0.2, 0.25) is 0 Å². The fourth-order valence-corrected chi connectivity index (χ4v) is 3.64. The predicted molar refractivity (Wildman–Crippen MR) is 103 cm³/mol. The molecule has 2 aromatic rings. The van der Waals surface area contributed by atoms with Crippen LogP contribution < -0.4 is 4.72 Å². The van der Waals surface area contributed by atoms with Crippen molar-refractivity contribution < 1.29 is 0 Å². The standard InChI is InChI=1S/C21H22N2S/c1-15(2)24-23-21-5-3-4-20(21)19-12-10-18(11-13-19)17-8-6-16(14-22)7-9-17/h4,6-13,15,21,23H,3,5H2,1-2H3. The highest BCUT2D eigenvalue weighted by molar-refractivity contribution is 7.98. The van der Waals surface area contributed by atoms with Crippen LogP contribution in [0.5, 0.6) is 0 Å². The zero-order valence-corrected chi connectivity index (χ0v) is 14.9. The van der Waals surface area contributed by atoms with Crippen molar-refractivity contribution in [3.63, 3.8) is 0 Å². The van der Waals surface area contributed by atoms with Gasteiger partial charge in [-0.25, -0.2) is 0 Å². The van der Waals surface area contributed by atoms with E-state index in [4.69, 9.17) is 5.26 Å². The van der Waals surface area contributed by atoms with Crippen molar-refractivity contribution in [2.24, 2.45) is 0 Å². The number of nitrogens with zero attached hydrogens (tertiary/aromatic N) is 1. The van der Waals surface area contributed by atoms with Gasteiger partial charge in [-0.2, -0.15) is 5.26 Å². The van der Waals surface area contributed by atoms with Crippen LogP contribution in [0.15, 0.2) is 54.6 Å². The van der Waals surface area contributed by atoms with E-state index in [1.165, 1.54) is 23.1 Å². The van der Waals surface area contributed by atoms with E-state index in [1.807, 2.05) is 36.2 Å². The minimum atomic E-state index is 0.443. The summed E-state index contributed by atoms with van der Waals surface area (Å²) in [6.07, 6.45) is 4.67. The molecule has 0 aromatic heterocycles. The van der Waals surface area contributed by atoms with Gasteiger partial charge >= 0.3 is 0 Å². The third kappa shape index (κ3) is 3.90. The molecule has 3 heteroatoms. The summed E-state index contributed by atoms with van der Waals surface area (Å²) in [7, 11) is 0. The van der Waals surface area contributed by atoms with E-state index in [0.717, 1.165) is 12.0 Å². The molecular weight excluding hydrogens is 312 g/mol. The van der Waals surface area contributed by atoms with Gasteiger partial charge in [-0.1, -0.05) is 68.3 Å². The highest BCUT2D eigenvalue weighted by Crippen LogP contribution is 2.31. The van der Waals surface area contributed by atoms with Crippen molar-refractivity contribution in [1.82, 2.24) is 4.72 Å². The smallest absolute Gasteiger partial charge is 0.0991 e. The Kier molecular flexibility index (Phi) is 5.40. The maximum atomic E-state index is 8.90. The van der Waals surface area contributed by atoms with Crippen LogP contribution in [0.1, 0.15) is 37.8 Å². The van der Waals surface area contributed by atoms with E-state index in [-0.39, 0.29) is 0 Å². The average Bonchev–Trinajstić information content (AvgIpc) is 3.09. The molecule has 0 radical (unpaired) electrons. The van der Waals surface area contributed by atoms with Crippen LogP contribution in [0.25, 0.3) is 16.7 Å². The number of hydrogen-bond donors (Lipinski definition) is 1. The first-order valence-electron chi connectivity index (χ1n) is 8.39. The van der Waals surface area contributed by atoms with Crippen molar-refractivity contribution in [3.05, 3.63) is 65.7 Å². The molecule has 1 N–H and O–H groups in total. The van der Waals surface area contributed by atoms with E-state index in [1.54, 1.807) is 0 Å². The molecular formula is C21H22N2S. The van der Waals surface area contributed by atoms with Crippen LogP contribution in [0, 0.1) is 11.3 Å². The Morgan fingerprint density at radius 3 is 2.17 bits per heavy atom. The van der Waals surface area contributed by atoms with Gasteiger partial charge in [0.2, 0.25) is 0 Å². The maximum Gasteiger partial charge on any atom is 0.0991 e. The third-order valence-electron chi connectivity index (χ3n) is 4.21. The number of nitriles is 1. The van der Waals surface area contributed by atoms with Gasteiger partial charge in [0.05, 0.1) is 11.6 Å². The van der Waals surface area contributed by atoms with Crippen LogP contribution in [-0.4, -0.2) is 11.3 Å². The second-order valence-corrected chi connectivity index (χ2v) is 7.75. The SMILES string of the molecule is CC(C)SNC1CCC=C1c1ccc(-c2ccc(C#N)cc2)cc1. The van der Waals surface area contributed by atoms with Gasteiger partial charge < -0.3 is 0 Å². The number of rotatable bonds is 5. The Morgan fingerprint density at radius 1 is 1.00 bits per heavy atom. The topological polar surface area (TPSA) is 35.8 Å². The highest BCUT2D eigenvalue weighted by Gasteiger charge is 2.20. The van der Waals surface area contributed by atoms with Crippen LogP contribution in [-0.2, 0) is 0 Å². The van der Waals surface area contributed by atoms with Gasteiger partial charge in [0.15, 0.2) is 0 Å². The van der Waals surface area contributed by atoms with Gasteiger partial charge in [-0.15, -0.1) is 0 Å². The quantitative estimate of drug-likeness (QED) is 0.742. The molecule has 0 saturated carbocycles. The molecule has 1 atom stereocenters. The molecule has 2 nitrogen and oxygen atoms in total. The Hall–Kier alpha value is -2.02. The number of allylic oxidation sites excluding steroid dienone is 1. The summed E-state index contributed by atoms with van der Waals surface area (Å²) in [4.78, 5) is 0. The van der Waals surface area contributed by atoms with Crippen LogP contribution >= 0.6 is 11.9 Å². The molecule has 0 spiro atoms. The molecule has 0 saturated heterocycles. The van der Waals surface area contributed by atoms with Crippen LogP contribution in [0.4, 0.5) is 0 Å². The average molecular weight is 334 g/mol. The molecule has 2 aromatic carbocycles. The molecule has 0 heterocycles. The van der Waals surface area contributed by atoms with E-state index >= 15 is 0 Å². The third-order valence-corrected chi connectivity index (χ3v) is 5.10. The summed E-state index contributed by atoms with van der Waals surface area (Å²) in [6.45, 7) is 4.42. The Labute approximate surface area is 148 Å². The predicted octanol–water partition coefficient (Wildman–Crippen LogP) is 5.42. The first-order valence-corrected chi connectivity index (χ1v) is 9.27. The lowest BCUT2D eigenvalue weighted by Crippen LogP contribution is -2.23. The monoisotopic (exact) mass is 334 g/mol.